The SMILES string of the molecule is COc1ccc(N(c2ccc(-c3ccc(N(c4ccccc4)c4cccc(C)c4C)cc3)cc2)c2cccc(C)c2C)c(C)c1C. The topological polar surface area (TPSA) is 15.7 Å². The third kappa shape index (κ3) is 5.77. The van der Waals surface area contributed by atoms with Crippen LogP contribution in [0.3, 0.4) is 0 Å². The molecule has 0 aliphatic heterocycles. The summed E-state index contributed by atoms with van der Waals surface area (Å²) < 4.78 is 5.64. The number of methoxy groups -OCH3 is 1. The molecule has 0 saturated carbocycles. The van der Waals surface area contributed by atoms with Crippen LogP contribution in [0.25, 0.3) is 11.1 Å². The number of rotatable bonds is 8. The van der Waals surface area contributed by atoms with Gasteiger partial charge >= 0.3 is 0 Å². The lowest BCUT2D eigenvalue weighted by molar-refractivity contribution is 0.411. The molecule has 0 atom stereocenters. The predicted octanol–water partition coefficient (Wildman–Crippen LogP) is 12.2. The molecule has 0 radical (unpaired) electrons. The molecule has 230 valence electrons. The molecule has 46 heavy (non-hydrogen) atoms. The van der Waals surface area contributed by atoms with Gasteiger partial charge in [-0.15, -0.1) is 0 Å². The van der Waals surface area contributed by atoms with Crippen LogP contribution in [0.2, 0.25) is 0 Å². The highest BCUT2D eigenvalue weighted by atomic mass is 16.5. The van der Waals surface area contributed by atoms with Crippen LogP contribution in [0, 0.1) is 41.5 Å². The molecule has 6 aromatic rings. The van der Waals surface area contributed by atoms with E-state index in [1.54, 1.807) is 7.11 Å². The van der Waals surface area contributed by atoms with Crippen molar-refractivity contribution >= 4 is 34.1 Å². The fraction of sp³-hybridized carbons (Fsp3) is 0.163. The maximum absolute atomic E-state index is 5.64. The summed E-state index contributed by atoms with van der Waals surface area (Å²) in [5.74, 6) is 0.907. The molecule has 0 aromatic heterocycles. The maximum Gasteiger partial charge on any atom is 0.122 e. The first kappa shape index (κ1) is 30.7. The monoisotopic (exact) mass is 602 g/mol. The van der Waals surface area contributed by atoms with E-state index in [2.05, 4.69) is 179 Å². The van der Waals surface area contributed by atoms with Gasteiger partial charge in [0.25, 0.3) is 0 Å². The molecule has 0 unspecified atom stereocenters. The number of para-hydroxylation sites is 1. The Morgan fingerprint density at radius 1 is 0.370 bits per heavy atom. The Hall–Kier alpha value is -5.28. The molecular weight excluding hydrogens is 560 g/mol. The Bertz CT molecular complexity index is 1980. The van der Waals surface area contributed by atoms with Crippen molar-refractivity contribution in [3.8, 4) is 16.9 Å². The summed E-state index contributed by atoms with van der Waals surface area (Å²) in [7, 11) is 1.73. The summed E-state index contributed by atoms with van der Waals surface area (Å²) in [6.45, 7) is 13.1. The van der Waals surface area contributed by atoms with E-state index in [4.69, 9.17) is 4.74 Å². The highest BCUT2D eigenvalue weighted by Crippen LogP contribution is 2.42. The second-order valence-electron chi connectivity index (χ2n) is 12.1. The van der Waals surface area contributed by atoms with Crippen LogP contribution in [0.4, 0.5) is 34.1 Å². The number of benzene rings is 6. The van der Waals surface area contributed by atoms with E-state index in [0.29, 0.717) is 0 Å². The van der Waals surface area contributed by atoms with Gasteiger partial charge in [-0.25, -0.2) is 0 Å². The number of hydrogen-bond donors (Lipinski definition) is 0. The second kappa shape index (κ2) is 13.0. The van der Waals surface area contributed by atoms with Crippen molar-refractivity contribution in [2.24, 2.45) is 0 Å². The molecule has 0 amide bonds. The number of hydrogen-bond acceptors (Lipinski definition) is 3. The van der Waals surface area contributed by atoms with Gasteiger partial charge in [-0.1, -0.05) is 66.7 Å². The zero-order valence-corrected chi connectivity index (χ0v) is 27.9. The first-order valence-corrected chi connectivity index (χ1v) is 15.9. The van der Waals surface area contributed by atoms with Crippen molar-refractivity contribution < 1.29 is 4.74 Å². The molecule has 0 heterocycles. The molecule has 6 rings (SSSR count). The fourth-order valence-corrected chi connectivity index (χ4v) is 6.22. The zero-order valence-electron chi connectivity index (χ0n) is 27.9. The lowest BCUT2D eigenvalue weighted by Crippen LogP contribution is -2.14. The first-order chi connectivity index (χ1) is 22.3. The number of aryl methyl sites for hydroxylation is 2. The van der Waals surface area contributed by atoms with Gasteiger partial charge in [-0.3, -0.25) is 0 Å². The molecule has 0 saturated heterocycles. The molecule has 0 fully saturated rings. The average molecular weight is 603 g/mol. The zero-order chi connectivity index (χ0) is 32.4. The van der Waals surface area contributed by atoms with Crippen molar-refractivity contribution in [2.45, 2.75) is 41.5 Å². The van der Waals surface area contributed by atoms with Crippen LogP contribution < -0.4 is 14.5 Å². The first-order valence-electron chi connectivity index (χ1n) is 15.9. The average Bonchev–Trinajstić information content (AvgIpc) is 3.08. The minimum absolute atomic E-state index is 0.907. The van der Waals surface area contributed by atoms with Crippen molar-refractivity contribution in [3.63, 3.8) is 0 Å². The predicted molar refractivity (Wildman–Crippen MR) is 196 cm³/mol. The Kier molecular flexibility index (Phi) is 8.68. The third-order valence-electron chi connectivity index (χ3n) is 9.40. The van der Waals surface area contributed by atoms with E-state index in [9.17, 15) is 0 Å². The second-order valence-corrected chi connectivity index (χ2v) is 12.1. The van der Waals surface area contributed by atoms with Crippen molar-refractivity contribution in [2.75, 3.05) is 16.9 Å². The van der Waals surface area contributed by atoms with Gasteiger partial charge in [0.15, 0.2) is 0 Å². The smallest absolute Gasteiger partial charge is 0.122 e. The van der Waals surface area contributed by atoms with Crippen LogP contribution in [0.15, 0.2) is 127 Å². The van der Waals surface area contributed by atoms with Crippen LogP contribution in [0.5, 0.6) is 5.75 Å². The van der Waals surface area contributed by atoms with Crippen molar-refractivity contribution in [1.29, 1.82) is 0 Å². The lowest BCUT2D eigenvalue weighted by Gasteiger charge is -2.30. The summed E-state index contributed by atoms with van der Waals surface area (Å²) in [6, 6.07) is 45.7. The molecule has 0 N–H and O–H groups in total. The van der Waals surface area contributed by atoms with E-state index in [1.165, 1.54) is 50.3 Å². The quantitative estimate of drug-likeness (QED) is 0.172. The summed E-state index contributed by atoms with van der Waals surface area (Å²) in [4.78, 5) is 4.72. The third-order valence-corrected chi connectivity index (χ3v) is 9.40. The van der Waals surface area contributed by atoms with E-state index < -0.39 is 0 Å². The number of nitrogens with zero attached hydrogens (tertiary/aromatic N) is 2. The Labute approximate surface area is 274 Å². The standard InChI is InChI=1S/C43H42N2O/c1-29-13-11-17-40(31(29)3)44(37-15-9-8-10-16-37)38-23-19-35(20-24-38)36-21-25-39(26-22-36)45(41-18-12-14-30(2)32(41)4)42-27-28-43(46-7)34(6)33(42)5/h8-28H,1-7H3. The highest BCUT2D eigenvalue weighted by Gasteiger charge is 2.20. The van der Waals surface area contributed by atoms with E-state index in [-0.39, 0.29) is 0 Å². The number of anilines is 6. The van der Waals surface area contributed by atoms with Gasteiger partial charge in [0.2, 0.25) is 0 Å². The summed E-state index contributed by atoms with van der Waals surface area (Å²) in [5, 5.41) is 0. The molecule has 0 aliphatic rings. The Morgan fingerprint density at radius 2 is 0.826 bits per heavy atom. The van der Waals surface area contributed by atoms with Gasteiger partial charge in [0, 0.05) is 34.1 Å². The van der Waals surface area contributed by atoms with E-state index in [0.717, 1.165) is 34.1 Å². The molecule has 3 nitrogen and oxygen atoms in total. The van der Waals surface area contributed by atoms with Crippen molar-refractivity contribution in [1.82, 2.24) is 0 Å². The van der Waals surface area contributed by atoms with E-state index in [1.807, 2.05) is 0 Å². The van der Waals surface area contributed by atoms with Crippen LogP contribution in [0.1, 0.15) is 33.4 Å². The Morgan fingerprint density at radius 3 is 1.35 bits per heavy atom. The normalized spacial score (nSPS) is 10.9. The molecule has 3 heteroatoms. The Balaban J connectivity index is 1.38. The number of ether oxygens (including phenoxy) is 1. The van der Waals surface area contributed by atoms with E-state index >= 15 is 0 Å². The van der Waals surface area contributed by atoms with Gasteiger partial charge in [0.1, 0.15) is 5.75 Å². The summed E-state index contributed by atoms with van der Waals surface area (Å²) in [5.41, 5.74) is 16.7. The summed E-state index contributed by atoms with van der Waals surface area (Å²) in [6.07, 6.45) is 0. The minimum atomic E-state index is 0.907. The van der Waals surface area contributed by atoms with Gasteiger partial charge in [-0.05, 0) is 147 Å². The van der Waals surface area contributed by atoms with Gasteiger partial charge in [0.05, 0.1) is 7.11 Å². The molecule has 0 bridgehead atoms. The molecular formula is C43H42N2O. The lowest BCUT2D eigenvalue weighted by atomic mass is 10.0. The van der Waals surface area contributed by atoms with Crippen LogP contribution in [-0.2, 0) is 0 Å². The maximum atomic E-state index is 5.64. The molecule has 0 spiro atoms. The van der Waals surface area contributed by atoms with Crippen LogP contribution >= 0.6 is 0 Å². The van der Waals surface area contributed by atoms with Gasteiger partial charge in [-0.2, -0.15) is 0 Å². The molecule has 6 aromatic carbocycles. The highest BCUT2D eigenvalue weighted by molar-refractivity contribution is 5.84. The minimum Gasteiger partial charge on any atom is -0.496 e. The summed E-state index contributed by atoms with van der Waals surface area (Å²) >= 11 is 0. The van der Waals surface area contributed by atoms with Crippen molar-refractivity contribution in [3.05, 3.63) is 161 Å². The molecule has 0 aliphatic carbocycles. The van der Waals surface area contributed by atoms with Gasteiger partial charge < -0.3 is 14.5 Å². The van der Waals surface area contributed by atoms with Crippen LogP contribution in [-0.4, -0.2) is 7.11 Å². The fourth-order valence-electron chi connectivity index (χ4n) is 6.22. The largest absolute Gasteiger partial charge is 0.496 e.